The van der Waals surface area contributed by atoms with E-state index in [4.69, 9.17) is 12.2 Å². The molecular formula is C8H12N4OS2. The Bertz CT molecular complexity index is 393. The van der Waals surface area contributed by atoms with Crippen LogP contribution in [0.4, 0.5) is 5.13 Å². The Morgan fingerprint density at radius 1 is 1.60 bits per heavy atom. The van der Waals surface area contributed by atoms with Crippen molar-refractivity contribution >= 4 is 34.6 Å². The lowest BCUT2D eigenvalue weighted by molar-refractivity contribution is -0.128. The van der Waals surface area contributed by atoms with Crippen LogP contribution in [0.1, 0.15) is 12.8 Å². The molecule has 2 rings (SSSR count). The van der Waals surface area contributed by atoms with E-state index in [1.165, 1.54) is 11.3 Å². The summed E-state index contributed by atoms with van der Waals surface area (Å²) in [4.78, 5) is 13.5. The lowest BCUT2D eigenvalue weighted by atomic mass is 10.4. The first-order valence-corrected chi connectivity index (χ1v) is 6.05. The van der Waals surface area contributed by atoms with Crippen molar-refractivity contribution in [3.8, 4) is 0 Å². The number of anilines is 1. The first-order valence-electron chi connectivity index (χ1n) is 4.83. The molecule has 0 unspecified atom stereocenters. The number of nitrogens with zero attached hydrogens (tertiary/aromatic N) is 2. The molecule has 0 spiro atoms. The minimum atomic E-state index is 0.133. The summed E-state index contributed by atoms with van der Waals surface area (Å²) in [5, 5.41) is 10.2. The first kappa shape index (κ1) is 10.6. The Kier molecular flexibility index (Phi) is 3.32. The third-order valence-corrected chi connectivity index (χ3v) is 3.33. The molecule has 2 N–H and O–H groups in total. The minimum Gasteiger partial charge on any atom is -0.351 e. The van der Waals surface area contributed by atoms with Gasteiger partial charge in [-0.05, 0) is 25.1 Å². The number of aromatic amines is 1. The van der Waals surface area contributed by atoms with Crippen molar-refractivity contribution in [1.82, 2.24) is 15.1 Å². The van der Waals surface area contributed by atoms with Crippen LogP contribution < -0.4 is 5.32 Å². The van der Waals surface area contributed by atoms with Crippen molar-refractivity contribution in [2.75, 3.05) is 25.0 Å². The van der Waals surface area contributed by atoms with Gasteiger partial charge in [0.05, 0.1) is 6.54 Å². The molecule has 1 aliphatic heterocycles. The van der Waals surface area contributed by atoms with Gasteiger partial charge in [0.2, 0.25) is 11.0 Å². The fourth-order valence-corrected chi connectivity index (χ4v) is 2.32. The molecule has 1 fully saturated rings. The number of rotatable bonds is 3. The largest absolute Gasteiger partial charge is 0.351 e. The molecule has 0 bridgehead atoms. The summed E-state index contributed by atoms with van der Waals surface area (Å²) in [6.07, 6.45) is 2.24. The van der Waals surface area contributed by atoms with Crippen LogP contribution in [0.3, 0.4) is 0 Å². The van der Waals surface area contributed by atoms with E-state index in [1.54, 1.807) is 0 Å². The van der Waals surface area contributed by atoms with E-state index in [-0.39, 0.29) is 5.91 Å². The first-order chi connectivity index (χ1) is 7.25. The van der Waals surface area contributed by atoms with E-state index in [0.29, 0.717) is 15.6 Å². The van der Waals surface area contributed by atoms with Crippen molar-refractivity contribution in [2.45, 2.75) is 12.8 Å². The highest BCUT2D eigenvalue weighted by Crippen LogP contribution is 2.11. The number of amides is 1. The van der Waals surface area contributed by atoms with Crippen LogP contribution >= 0.6 is 23.6 Å². The predicted octanol–water partition coefficient (Wildman–Crippen LogP) is 1.23. The van der Waals surface area contributed by atoms with Gasteiger partial charge in [-0.2, -0.15) is 0 Å². The monoisotopic (exact) mass is 244 g/mol. The van der Waals surface area contributed by atoms with E-state index in [1.807, 2.05) is 4.90 Å². The normalized spacial score (nSPS) is 15.6. The zero-order chi connectivity index (χ0) is 10.7. The van der Waals surface area contributed by atoms with E-state index in [9.17, 15) is 4.79 Å². The van der Waals surface area contributed by atoms with Crippen LogP contribution in [0, 0.1) is 3.95 Å². The Balaban J connectivity index is 1.82. The number of carbonyl (C=O) groups is 1. The average Bonchev–Trinajstić information content (AvgIpc) is 2.84. The molecule has 1 aromatic heterocycles. The summed E-state index contributed by atoms with van der Waals surface area (Å²) < 4.78 is 0.617. The molecule has 15 heavy (non-hydrogen) atoms. The summed E-state index contributed by atoms with van der Waals surface area (Å²) in [6, 6.07) is 0. The molecule has 2 heterocycles. The maximum Gasteiger partial charge on any atom is 0.241 e. The van der Waals surface area contributed by atoms with Crippen LogP contribution in [0.15, 0.2) is 0 Å². The van der Waals surface area contributed by atoms with Gasteiger partial charge < -0.3 is 10.2 Å². The molecule has 1 aliphatic rings. The van der Waals surface area contributed by atoms with Gasteiger partial charge in [0, 0.05) is 13.1 Å². The van der Waals surface area contributed by atoms with Gasteiger partial charge >= 0.3 is 0 Å². The van der Waals surface area contributed by atoms with Gasteiger partial charge in [-0.3, -0.25) is 9.89 Å². The number of carbonyl (C=O) groups excluding carboxylic acids is 1. The molecule has 1 aromatic rings. The third-order valence-electron chi connectivity index (χ3n) is 2.29. The summed E-state index contributed by atoms with van der Waals surface area (Å²) in [7, 11) is 0. The van der Waals surface area contributed by atoms with Gasteiger partial charge in [-0.25, -0.2) is 0 Å². The molecule has 1 saturated heterocycles. The van der Waals surface area contributed by atoms with E-state index in [0.717, 1.165) is 25.9 Å². The Morgan fingerprint density at radius 2 is 2.33 bits per heavy atom. The zero-order valence-corrected chi connectivity index (χ0v) is 9.79. The summed E-state index contributed by atoms with van der Waals surface area (Å²) in [5.41, 5.74) is 0. The van der Waals surface area contributed by atoms with Crippen LogP contribution in [0.2, 0.25) is 0 Å². The molecule has 82 valence electrons. The fourth-order valence-electron chi connectivity index (χ4n) is 1.54. The highest BCUT2D eigenvalue weighted by molar-refractivity contribution is 7.73. The van der Waals surface area contributed by atoms with E-state index < -0.39 is 0 Å². The topological polar surface area (TPSA) is 61.0 Å². The van der Waals surface area contributed by atoms with Gasteiger partial charge in [0.25, 0.3) is 0 Å². The number of H-pyrrole nitrogens is 1. The van der Waals surface area contributed by atoms with Crippen molar-refractivity contribution in [3.63, 3.8) is 0 Å². The van der Waals surface area contributed by atoms with Crippen LogP contribution in [-0.2, 0) is 4.79 Å². The third kappa shape index (κ3) is 2.75. The lowest BCUT2D eigenvalue weighted by Crippen LogP contribution is -2.32. The quantitative estimate of drug-likeness (QED) is 0.785. The van der Waals surface area contributed by atoms with Gasteiger partial charge in [0.1, 0.15) is 0 Å². The predicted molar refractivity (Wildman–Crippen MR) is 61.6 cm³/mol. The molecule has 0 radical (unpaired) electrons. The molecule has 0 aliphatic carbocycles. The molecule has 1 amide bonds. The molecule has 5 nitrogen and oxygen atoms in total. The van der Waals surface area contributed by atoms with Crippen molar-refractivity contribution in [1.29, 1.82) is 0 Å². The molecule has 0 aromatic carbocycles. The lowest BCUT2D eigenvalue weighted by Gasteiger charge is -2.14. The van der Waals surface area contributed by atoms with Crippen molar-refractivity contribution in [3.05, 3.63) is 3.95 Å². The maximum atomic E-state index is 11.6. The SMILES string of the molecule is O=C(CNc1n[nH]c(=S)s1)N1CCCC1. The van der Waals surface area contributed by atoms with Gasteiger partial charge in [0.15, 0.2) is 3.95 Å². The smallest absolute Gasteiger partial charge is 0.241 e. The van der Waals surface area contributed by atoms with Crippen LogP contribution in [0.25, 0.3) is 0 Å². The minimum absolute atomic E-state index is 0.133. The highest BCUT2D eigenvalue weighted by Gasteiger charge is 2.17. The number of nitrogens with one attached hydrogen (secondary N) is 2. The number of hydrogen-bond acceptors (Lipinski definition) is 5. The maximum absolute atomic E-state index is 11.6. The Morgan fingerprint density at radius 3 is 2.93 bits per heavy atom. The molecule has 7 heteroatoms. The summed E-state index contributed by atoms with van der Waals surface area (Å²) in [5.74, 6) is 0.133. The number of hydrogen-bond donors (Lipinski definition) is 2. The highest BCUT2D eigenvalue weighted by atomic mass is 32.1. The van der Waals surface area contributed by atoms with Crippen molar-refractivity contribution in [2.24, 2.45) is 0 Å². The van der Waals surface area contributed by atoms with Gasteiger partial charge in [-0.15, -0.1) is 5.10 Å². The summed E-state index contributed by atoms with van der Waals surface area (Å²) >= 11 is 6.22. The second-order valence-corrected chi connectivity index (χ2v) is 5.03. The van der Waals surface area contributed by atoms with E-state index >= 15 is 0 Å². The Labute approximate surface area is 96.5 Å². The van der Waals surface area contributed by atoms with E-state index in [2.05, 4.69) is 15.5 Å². The summed E-state index contributed by atoms with van der Waals surface area (Å²) in [6.45, 7) is 2.07. The van der Waals surface area contributed by atoms with Gasteiger partial charge in [-0.1, -0.05) is 11.3 Å². The second kappa shape index (κ2) is 4.71. The van der Waals surface area contributed by atoms with Crippen LogP contribution in [-0.4, -0.2) is 40.6 Å². The standard InChI is InChI=1S/C8H12N4OS2/c13-6(12-3-1-2-4-12)5-9-7-10-11-8(14)15-7/h1-5H2,(H,9,10)(H,11,14). The second-order valence-electron chi connectivity index (χ2n) is 3.36. The molecule has 0 saturated carbocycles. The average molecular weight is 244 g/mol. The fraction of sp³-hybridized carbons (Fsp3) is 0.625. The van der Waals surface area contributed by atoms with Crippen LogP contribution in [0.5, 0.6) is 0 Å². The number of likely N-dealkylation sites (tertiary alicyclic amines) is 1. The van der Waals surface area contributed by atoms with Crippen molar-refractivity contribution < 1.29 is 4.79 Å². The zero-order valence-electron chi connectivity index (χ0n) is 8.15. The molecular weight excluding hydrogens is 232 g/mol. The Hall–Kier alpha value is -0.950. The number of aromatic nitrogens is 2. The molecule has 0 atom stereocenters.